The molecular formula is C22H27N7O4S. The summed E-state index contributed by atoms with van der Waals surface area (Å²) in [7, 11) is 1.48. The van der Waals surface area contributed by atoms with Gasteiger partial charge in [0.1, 0.15) is 11.4 Å². The standard InChI is InChI=1S/C22H27N7O4S/c1-33-12-11-28-19(23)18(20(31)24-21(28)32)16(30)14-34-22-26-25-17(13-27-9-5-6-10-27)29(22)15-7-3-2-4-8-15/h2-4,7-8H,5-6,9-14,23H2,1H3,(H,24,31,32). The molecule has 1 aromatic carbocycles. The number of likely N-dealkylation sites (tertiary alicyclic amines) is 1. The molecule has 0 radical (unpaired) electrons. The number of rotatable bonds is 10. The van der Waals surface area contributed by atoms with Crippen molar-refractivity contribution >= 4 is 23.4 Å². The average Bonchev–Trinajstić information content (AvgIpc) is 3.48. The van der Waals surface area contributed by atoms with E-state index < -0.39 is 17.0 Å². The smallest absolute Gasteiger partial charge is 0.330 e. The van der Waals surface area contributed by atoms with E-state index in [9.17, 15) is 14.4 Å². The van der Waals surface area contributed by atoms with Crippen LogP contribution < -0.4 is 17.0 Å². The quantitative estimate of drug-likeness (QED) is 0.317. The topological polar surface area (TPSA) is 141 Å². The zero-order valence-corrected chi connectivity index (χ0v) is 19.7. The largest absolute Gasteiger partial charge is 0.384 e. The molecule has 3 aromatic rings. The molecule has 0 spiro atoms. The number of thioether (sulfide) groups is 1. The molecule has 2 aromatic heterocycles. The summed E-state index contributed by atoms with van der Waals surface area (Å²) >= 11 is 1.17. The van der Waals surface area contributed by atoms with Gasteiger partial charge < -0.3 is 10.5 Å². The first kappa shape index (κ1) is 23.9. The number of aromatic nitrogens is 5. The third-order valence-electron chi connectivity index (χ3n) is 5.65. The summed E-state index contributed by atoms with van der Waals surface area (Å²) in [5, 5.41) is 9.25. The lowest BCUT2D eigenvalue weighted by Gasteiger charge is -2.16. The molecule has 1 fully saturated rings. The number of carbonyl (C=O) groups is 1. The monoisotopic (exact) mass is 485 g/mol. The van der Waals surface area contributed by atoms with Crippen LogP contribution in [-0.4, -0.2) is 67.6 Å². The summed E-state index contributed by atoms with van der Waals surface area (Å²) in [6.07, 6.45) is 2.33. The molecular weight excluding hydrogens is 458 g/mol. The molecule has 0 aliphatic carbocycles. The van der Waals surface area contributed by atoms with E-state index in [2.05, 4.69) is 20.1 Å². The molecule has 0 bridgehead atoms. The van der Waals surface area contributed by atoms with Gasteiger partial charge in [0.05, 0.1) is 25.4 Å². The number of ether oxygens (including phenoxy) is 1. The number of nitrogens with zero attached hydrogens (tertiary/aromatic N) is 5. The minimum atomic E-state index is -0.805. The molecule has 34 heavy (non-hydrogen) atoms. The number of anilines is 1. The average molecular weight is 486 g/mol. The summed E-state index contributed by atoms with van der Waals surface area (Å²) in [4.78, 5) is 42.0. The molecule has 1 aliphatic heterocycles. The van der Waals surface area contributed by atoms with Gasteiger partial charge >= 0.3 is 5.69 Å². The number of para-hydroxylation sites is 1. The summed E-state index contributed by atoms with van der Waals surface area (Å²) < 4.78 is 8.04. The number of nitrogens with one attached hydrogen (secondary N) is 1. The van der Waals surface area contributed by atoms with Crippen molar-refractivity contribution in [2.75, 3.05) is 38.3 Å². The van der Waals surface area contributed by atoms with Crippen molar-refractivity contribution in [1.29, 1.82) is 0 Å². The highest BCUT2D eigenvalue weighted by Gasteiger charge is 2.23. The third kappa shape index (κ3) is 5.13. The van der Waals surface area contributed by atoms with Crippen molar-refractivity contribution in [2.45, 2.75) is 31.1 Å². The Hall–Kier alpha value is -3.22. The van der Waals surface area contributed by atoms with Crippen molar-refractivity contribution in [2.24, 2.45) is 0 Å². The Kier molecular flexibility index (Phi) is 7.60. The highest BCUT2D eigenvalue weighted by atomic mass is 32.2. The number of H-pyrrole nitrogens is 1. The van der Waals surface area contributed by atoms with E-state index in [1.807, 2.05) is 34.9 Å². The number of benzene rings is 1. The van der Waals surface area contributed by atoms with Gasteiger partial charge in [-0.25, -0.2) is 4.79 Å². The van der Waals surface area contributed by atoms with Gasteiger partial charge in [-0.1, -0.05) is 30.0 Å². The number of hydrogen-bond acceptors (Lipinski definition) is 9. The van der Waals surface area contributed by atoms with Crippen LogP contribution >= 0.6 is 11.8 Å². The van der Waals surface area contributed by atoms with E-state index in [-0.39, 0.29) is 30.3 Å². The zero-order valence-electron chi connectivity index (χ0n) is 18.9. The molecule has 0 amide bonds. The first-order chi connectivity index (χ1) is 16.5. The first-order valence-electron chi connectivity index (χ1n) is 11.0. The van der Waals surface area contributed by atoms with Crippen LogP contribution in [0.5, 0.6) is 0 Å². The number of hydrogen-bond donors (Lipinski definition) is 2. The van der Waals surface area contributed by atoms with Crippen LogP contribution in [-0.2, 0) is 17.8 Å². The maximum atomic E-state index is 13.0. The zero-order chi connectivity index (χ0) is 24.1. The van der Waals surface area contributed by atoms with Crippen molar-refractivity contribution in [3.63, 3.8) is 0 Å². The van der Waals surface area contributed by atoms with E-state index in [1.165, 1.54) is 18.9 Å². The van der Waals surface area contributed by atoms with Crippen LogP contribution in [0.3, 0.4) is 0 Å². The lowest BCUT2D eigenvalue weighted by Crippen LogP contribution is -2.37. The molecule has 0 saturated carbocycles. The number of ketones is 1. The maximum absolute atomic E-state index is 13.0. The molecule has 4 rings (SSSR count). The second kappa shape index (κ2) is 10.8. The lowest BCUT2D eigenvalue weighted by atomic mass is 10.2. The number of Topliss-reactive ketones (excluding diaryl/α,β-unsaturated/α-hetero) is 1. The van der Waals surface area contributed by atoms with E-state index in [4.69, 9.17) is 10.5 Å². The van der Waals surface area contributed by atoms with Crippen molar-refractivity contribution in [1.82, 2.24) is 29.2 Å². The molecule has 3 N–H and O–H groups in total. The predicted octanol–water partition coefficient (Wildman–Crippen LogP) is 0.917. The van der Waals surface area contributed by atoms with Gasteiger partial charge in [0.25, 0.3) is 5.56 Å². The summed E-state index contributed by atoms with van der Waals surface area (Å²) in [5.74, 6) is 0.0209. The number of nitrogen functional groups attached to an aromatic ring is 1. The van der Waals surface area contributed by atoms with Gasteiger partial charge in [-0.15, -0.1) is 10.2 Å². The minimum absolute atomic E-state index is 0.0928. The van der Waals surface area contributed by atoms with Crippen molar-refractivity contribution < 1.29 is 9.53 Å². The van der Waals surface area contributed by atoms with Gasteiger partial charge in [0.15, 0.2) is 16.8 Å². The van der Waals surface area contributed by atoms with Crippen LogP contribution in [0.1, 0.15) is 29.0 Å². The minimum Gasteiger partial charge on any atom is -0.384 e. The normalized spacial score (nSPS) is 14.0. The van der Waals surface area contributed by atoms with Gasteiger partial charge in [0, 0.05) is 12.8 Å². The molecule has 3 heterocycles. The third-order valence-corrected chi connectivity index (χ3v) is 6.58. The van der Waals surface area contributed by atoms with Crippen molar-refractivity contribution in [3.05, 3.63) is 62.6 Å². The number of methoxy groups -OCH3 is 1. The molecule has 1 aliphatic rings. The summed E-state index contributed by atoms with van der Waals surface area (Å²) in [6.45, 7) is 3.02. The Labute approximate surface area is 199 Å². The highest BCUT2D eigenvalue weighted by Crippen LogP contribution is 2.24. The Morgan fingerprint density at radius 2 is 1.91 bits per heavy atom. The van der Waals surface area contributed by atoms with Crippen LogP contribution in [0.25, 0.3) is 5.69 Å². The Morgan fingerprint density at radius 3 is 2.62 bits per heavy atom. The number of aromatic amines is 1. The lowest BCUT2D eigenvalue weighted by molar-refractivity contribution is 0.102. The number of nitrogens with two attached hydrogens (primary N) is 1. The SMILES string of the molecule is COCCn1c(N)c(C(=O)CSc2nnc(CN3CCCC3)n2-c2ccccc2)c(=O)[nH]c1=O. The second-order valence-electron chi connectivity index (χ2n) is 7.93. The van der Waals surface area contributed by atoms with Gasteiger partial charge in [-0.05, 0) is 38.1 Å². The Bertz CT molecular complexity index is 1260. The maximum Gasteiger partial charge on any atom is 0.330 e. The van der Waals surface area contributed by atoms with Crippen molar-refractivity contribution in [3.8, 4) is 5.69 Å². The molecule has 12 heteroatoms. The number of carbonyl (C=O) groups excluding carboxylic acids is 1. The van der Waals surface area contributed by atoms with Crippen LogP contribution in [0.4, 0.5) is 5.82 Å². The van der Waals surface area contributed by atoms with E-state index >= 15 is 0 Å². The fraction of sp³-hybridized carbons (Fsp3) is 0.409. The van der Waals surface area contributed by atoms with E-state index in [1.54, 1.807) is 0 Å². The van der Waals surface area contributed by atoms with Gasteiger partial charge in [0.2, 0.25) is 0 Å². The van der Waals surface area contributed by atoms with Crippen LogP contribution in [0.15, 0.2) is 45.1 Å². The second-order valence-corrected chi connectivity index (χ2v) is 8.87. The van der Waals surface area contributed by atoms with Gasteiger partial charge in [-0.2, -0.15) is 0 Å². The predicted molar refractivity (Wildman–Crippen MR) is 129 cm³/mol. The highest BCUT2D eigenvalue weighted by molar-refractivity contribution is 7.99. The Morgan fingerprint density at radius 1 is 1.18 bits per heavy atom. The van der Waals surface area contributed by atoms with E-state index in [0.717, 1.165) is 42.0 Å². The van der Waals surface area contributed by atoms with Gasteiger partial charge in [-0.3, -0.25) is 28.6 Å². The molecule has 0 unspecified atom stereocenters. The summed E-state index contributed by atoms with van der Waals surface area (Å²) in [5.41, 5.74) is 5.19. The Balaban J connectivity index is 1.59. The van der Waals surface area contributed by atoms with Crippen LogP contribution in [0.2, 0.25) is 0 Å². The van der Waals surface area contributed by atoms with Crippen LogP contribution in [0, 0.1) is 0 Å². The first-order valence-corrected chi connectivity index (χ1v) is 12.0. The summed E-state index contributed by atoms with van der Waals surface area (Å²) in [6, 6.07) is 9.70. The molecule has 11 nitrogen and oxygen atoms in total. The van der Waals surface area contributed by atoms with E-state index in [0.29, 0.717) is 11.7 Å². The molecule has 0 atom stereocenters. The fourth-order valence-electron chi connectivity index (χ4n) is 3.94. The molecule has 1 saturated heterocycles. The molecule has 180 valence electrons. The fourth-order valence-corrected chi connectivity index (χ4v) is 4.78.